The first kappa shape index (κ1) is 15.6. The van der Waals surface area contributed by atoms with Gasteiger partial charge in [0.15, 0.2) is 5.78 Å². The average Bonchev–Trinajstić information content (AvgIpc) is 3.02. The maximum absolute atomic E-state index is 12.0. The lowest BCUT2D eigenvalue weighted by Gasteiger charge is -2.06. The van der Waals surface area contributed by atoms with Gasteiger partial charge in [0.1, 0.15) is 11.4 Å². The summed E-state index contributed by atoms with van der Waals surface area (Å²) in [6.45, 7) is 1.51. The molecule has 0 aliphatic heterocycles. The second-order valence-electron chi connectivity index (χ2n) is 4.78. The summed E-state index contributed by atoms with van der Waals surface area (Å²) in [5, 5.41) is 5.58. The fraction of sp³-hybridized carbons (Fsp3) is 0.125. The Morgan fingerprint density at radius 3 is 2.70 bits per heavy atom. The van der Waals surface area contributed by atoms with E-state index in [1.54, 1.807) is 35.6 Å². The summed E-state index contributed by atoms with van der Waals surface area (Å²) in [4.78, 5) is 31.7. The van der Waals surface area contributed by atoms with Crippen LogP contribution in [0.3, 0.4) is 0 Å². The Hall–Kier alpha value is -2.25. The van der Waals surface area contributed by atoms with Gasteiger partial charge >= 0.3 is 0 Å². The third-order valence-electron chi connectivity index (χ3n) is 3.13. The number of nitrogens with one attached hydrogen (secondary N) is 1. The van der Waals surface area contributed by atoms with Crippen molar-refractivity contribution >= 4 is 50.7 Å². The van der Waals surface area contributed by atoms with Gasteiger partial charge in [-0.25, -0.2) is 9.97 Å². The molecule has 0 bridgehead atoms. The molecule has 1 aromatic carbocycles. The highest BCUT2D eigenvalue weighted by molar-refractivity contribution is 8.00. The number of hydrogen-bond donors (Lipinski definition) is 1. The van der Waals surface area contributed by atoms with Crippen LogP contribution in [0.25, 0.3) is 10.2 Å². The van der Waals surface area contributed by atoms with Crippen LogP contribution in [0.4, 0.5) is 5.69 Å². The van der Waals surface area contributed by atoms with E-state index >= 15 is 0 Å². The minimum absolute atomic E-state index is 0.00200. The van der Waals surface area contributed by atoms with E-state index < -0.39 is 0 Å². The molecule has 1 amide bonds. The topological polar surface area (TPSA) is 72.0 Å². The van der Waals surface area contributed by atoms with Gasteiger partial charge in [-0.3, -0.25) is 9.59 Å². The first-order valence-corrected chi connectivity index (χ1v) is 8.72. The zero-order chi connectivity index (χ0) is 16.2. The number of benzene rings is 1. The van der Waals surface area contributed by atoms with Crippen molar-refractivity contribution in [2.75, 3.05) is 11.1 Å². The molecule has 0 saturated heterocycles. The average molecular weight is 343 g/mol. The molecule has 1 N–H and O–H groups in total. The van der Waals surface area contributed by atoms with Gasteiger partial charge < -0.3 is 5.32 Å². The van der Waals surface area contributed by atoms with E-state index in [9.17, 15) is 9.59 Å². The largest absolute Gasteiger partial charge is 0.325 e. The van der Waals surface area contributed by atoms with E-state index in [1.807, 2.05) is 11.4 Å². The van der Waals surface area contributed by atoms with Gasteiger partial charge in [0.25, 0.3) is 0 Å². The second kappa shape index (κ2) is 6.89. The van der Waals surface area contributed by atoms with Gasteiger partial charge in [-0.1, -0.05) is 11.8 Å². The molecule has 0 radical (unpaired) electrons. The molecule has 2 aromatic heterocycles. The lowest BCUT2D eigenvalue weighted by Crippen LogP contribution is -2.14. The Morgan fingerprint density at radius 1 is 1.17 bits per heavy atom. The van der Waals surface area contributed by atoms with E-state index in [-0.39, 0.29) is 17.4 Å². The molecular weight excluding hydrogens is 330 g/mol. The van der Waals surface area contributed by atoms with Crippen LogP contribution in [0.2, 0.25) is 0 Å². The molecule has 0 spiro atoms. The van der Waals surface area contributed by atoms with E-state index in [0.717, 1.165) is 15.2 Å². The Kier molecular flexibility index (Phi) is 4.68. The van der Waals surface area contributed by atoms with Crippen LogP contribution in [0.5, 0.6) is 0 Å². The highest BCUT2D eigenvalue weighted by Crippen LogP contribution is 2.28. The number of nitrogens with zero attached hydrogens (tertiary/aromatic N) is 2. The third kappa shape index (κ3) is 3.75. The van der Waals surface area contributed by atoms with E-state index in [1.165, 1.54) is 25.0 Å². The van der Waals surface area contributed by atoms with Crippen molar-refractivity contribution in [2.45, 2.75) is 11.9 Å². The van der Waals surface area contributed by atoms with Crippen LogP contribution in [0.1, 0.15) is 17.3 Å². The predicted molar refractivity (Wildman–Crippen MR) is 93.2 cm³/mol. The molecule has 23 heavy (non-hydrogen) atoms. The predicted octanol–water partition coefficient (Wildman–Crippen LogP) is 3.62. The molecule has 0 aliphatic rings. The number of hydrogen-bond acceptors (Lipinski definition) is 6. The Morgan fingerprint density at radius 2 is 1.96 bits per heavy atom. The molecule has 0 fully saturated rings. The molecule has 0 saturated carbocycles. The molecule has 3 aromatic rings. The smallest absolute Gasteiger partial charge is 0.234 e. The van der Waals surface area contributed by atoms with Crippen molar-refractivity contribution in [1.29, 1.82) is 0 Å². The number of carbonyl (C=O) groups is 2. The van der Waals surface area contributed by atoms with Gasteiger partial charge in [-0.2, -0.15) is 0 Å². The third-order valence-corrected chi connectivity index (χ3v) is 5.15. The fourth-order valence-corrected chi connectivity index (χ4v) is 3.73. The maximum atomic E-state index is 12.0. The first-order chi connectivity index (χ1) is 11.1. The number of aromatic nitrogens is 2. The quantitative estimate of drug-likeness (QED) is 0.435. The summed E-state index contributed by atoms with van der Waals surface area (Å²) in [5.41, 5.74) is 2.19. The summed E-state index contributed by atoms with van der Waals surface area (Å²) in [6, 6.07) is 8.78. The van der Waals surface area contributed by atoms with E-state index in [0.29, 0.717) is 11.3 Å². The molecule has 0 aliphatic carbocycles. The molecule has 5 nitrogen and oxygen atoms in total. The van der Waals surface area contributed by atoms with Crippen molar-refractivity contribution in [3.05, 3.63) is 47.6 Å². The Balaban J connectivity index is 1.61. The maximum Gasteiger partial charge on any atom is 0.234 e. The molecule has 0 atom stereocenters. The van der Waals surface area contributed by atoms with Gasteiger partial charge in [0, 0.05) is 11.3 Å². The number of thioether (sulfide) groups is 1. The highest BCUT2D eigenvalue weighted by atomic mass is 32.2. The zero-order valence-electron chi connectivity index (χ0n) is 12.3. The van der Waals surface area contributed by atoms with E-state index in [4.69, 9.17) is 0 Å². The second-order valence-corrected chi connectivity index (χ2v) is 6.66. The van der Waals surface area contributed by atoms with Crippen LogP contribution in [0.15, 0.2) is 47.1 Å². The number of fused-ring (bicyclic) bond motifs is 1. The minimum Gasteiger partial charge on any atom is -0.325 e. The van der Waals surface area contributed by atoms with Crippen LogP contribution < -0.4 is 5.32 Å². The number of rotatable bonds is 5. The molecule has 7 heteroatoms. The summed E-state index contributed by atoms with van der Waals surface area (Å²) < 4.78 is 0.996. The van der Waals surface area contributed by atoms with Crippen molar-refractivity contribution in [3.8, 4) is 0 Å². The summed E-state index contributed by atoms with van der Waals surface area (Å²) >= 11 is 2.95. The van der Waals surface area contributed by atoms with Crippen molar-refractivity contribution in [2.24, 2.45) is 0 Å². The number of thiophene rings is 1. The Labute approximate surface area is 141 Å². The molecular formula is C16H13N3O2S2. The van der Waals surface area contributed by atoms with Crippen LogP contribution in [-0.2, 0) is 4.79 Å². The lowest BCUT2D eigenvalue weighted by atomic mass is 10.1. The molecule has 0 unspecified atom stereocenters. The number of Topliss-reactive ketones (excluding diaryl/α,β-unsaturated/α-hetero) is 1. The highest BCUT2D eigenvalue weighted by Gasteiger charge is 2.09. The molecule has 116 valence electrons. The number of ketones is 1. The number of carbonyl (C=O) groups excluding carboxylic acids is 2. The first-order valence-electron chi connectivity index (χ1n) is 6.85. The fourth-order valence-electron chi connectivity index (χ4n) is 1.99. The SMILES string of the molecule is CC(=O)c1ccc(NC(=O)CSc2ncnc3ccsc23)cc1. The van der Waals surface area contributed by atoms with Crippen LogP contribution in [0, 0.1) is 0 Å². The Bertz CT molecular complexity index is 859. The number of anilines is 1. The van der Waals surface area contributed by atoms with Gasteiger partial charge in [-0.15, -0.1) is 11.3 Å². The zero-order valence-corrected chi connectivity index (χ0v) is 13.9. The lowest BCUT2D eigenvalue weighted by molar-refractivity contribution is -0.113. The number of amides is 1. The normalized spacial score (nSPS) is 10.7. The summed E-state index contributed by atoms with van der Waals surface area (Å²) in [5.74, 6) is 0.148. The monoisotopic (exact) mass is 343 g/mol. The van der Waals surface area contributed by atoms with Gasteiger partial charge in [0.2, 0.25) is 5.91 Å². The molecule has 2 heterocycles. The standard InChI is InChI=1S/C16H13N3O2S2/c1-10(20)11-2-4-12(5-3-11)19-14(21)8-23-16-15-13(6-7-22-15)17-9-18-16/h2-7,9H,8H2,1H3,(H,19,21). The summed E-state index contributed by atoms with van der Waals surface area (Å²) in [6.07, 6.45) is 1.51. The minimum atomic E-state index is -0.117. The van der Waals surface area contributed by atoms with Gasteiger partial charge in [-0.05, 0) is 42.6 Å². The van der Waals surface area contributed by atoms with Crippen molar-refractivity contribution < 1.29 is 9.59 Å². The van der Waals surface area contributed by atoms with Gasteiger partial charge in [0.05, 0.1) is 16.0 Å². The molecule has 3 rings (SSSR count). The van der Waals surface area contributed by atoms with Crippen LogP contribution >= 0.6 is 23.1 Å². The van der Waals surface area contributed by atoms with E-state index in [2.05, 4.69) is 15.3 Å². The van der Waals surface area contributed by atoms with Crippen molar-refractivity contribution in [3.63, 3.8) is 0 Å². The summed E-state index contributed by atoms with van der Waals surface area (Å²) in [7, 11) is 0. The van der Waals surface area contributed by atoms with Crippen molar-refractivity contribution in [1.82, 2.24) is 9.97 Å². The van der Waals surface area contributed by atoms with Crippen LogP contribution in [-0.4, -0.2) is 27.4 Å².